The molecule has 3 heterocycles. The lowest BCUT2D eigenvalue weighted by Gasteiger charge is -2.22. The maximum atomic E-state index is 12.9. The van der Waals surface area contributed by atoms with Gasteiger partial charge in [-0.05, 0) is 48.4 Å². The lowest BCUT2D eigenvalue weighted by molar-refractivity contribution is -0.128. The molecule has 0 aliphatic carbocycles. The summed E-state index contributed by atoms with van der Waals surface area (Å²) in [6.07, 6.45) is 2.12. The van der Waals surface area contributed by atoms with Crippen molar-refractivity contribution in [2.75, 3.05) is 12.1 Å². The Labute approximate surface area is 162 Å². The number of fused-ring (bicyclic) bond motifs is 2. The summed E-state index contributed by atoms with van der Waals surface area (Å²) in [5.74, 6) is 1.73. The summed E-state index contributed by atoms with van der Waals surface area (Å²) >= 11 is 0. The first-order chi connectivity index (χ1) is 13.6. The van der Waals surface area contributed by atoms with Crippen molar-refractivity contribution in [3.63, 3.8) is 0 Å². The molecule has 3 aromatic rings. The minimum atomic E-state index is -1.03. The Hall–Kier alpha value is -3.54. The molecule has 0 bridgehead atoms. The lowest BCUT2D eigenvalue weighted by atomic mass is 9.93. The van der Waals surface area contributed by atoms with Crippen LogP contribution in [0.4, 0.5) is 5.69 Å². The van der Waals surface area contributed by atoms with E-state index < -0.39 is 5.60 Å². The van der Waals surface area contributed by atoms with E-state index in [1.807, 2.05) is 54.6 Å². The molecule has 1 unspecified atom stereocenters. The summed E-state index contributed by atoms with van der Waals surface area (Å²) in [5, 5.41) is 2.92. The van der Waals surface area contributed by atoms with Gasteiger partial charge in [0.05, 0.1) is 0 Å². The van der Waals surface area contributed by atoms with Crippen molar-refractivity contribution in [1.29, 1.82) is 0 Å². The predicted molar refractivity (Wildman–Crippen MR) is 104 cm³/mol. The fourth-order valence-electron chi connectivity index (χ4n) is 3.56. The molecule has 28 heavy (non-hydrogen) atoms. The van der Waals surface area contributed by atoms with Crippen LogP contribution in [0.25, 0.3) is 11.1 Å². The number of benzene rings is 2. The number of pyridine rings is 1. The smallest absolute Gasteiger partial charge is 0.268 e. The summed E-state index contributed by atoms with van der Waals surface area (Å²) < 4.78 is 16.9. The van der Waals surface area contributed by atoms with Crippen molar-refractivity contribution >= 4 is 11.6 Å². The Bertz CT molecular complexity index is 1070. The number of anilines is 1. The van der Waals surface area contributed by atoms with Gasteiger partial charge >= 0.3 is 0 Å². The van der Waals surface area contributed by atoms with Crippen LogP contribution in [0.1, 0.15) is 12.5 Å². The fourth-order valence-corrected chi connectivity index (χ4v) is 3.56. The van der Waals surface area contributed by atoms with Gasteiger partial charge in [0, 0.05) is 23.9 Å². The first-order valence-corrected chi connectivity index (χ1v) is 9.06. The van der Waals surface area contributed by atoms with Gasteiger partial charge in [-0.2, -0.15) is 0 Å². The third kappa shape index (κ3) is 2.74. The molecule has 0 spiro atoms. The second-order valence-corrected chi connectivity index (χ2v) is 7.04. The fraction of sp³-hybridized carbons (Fsp3) is 0.182. The average molecular weight is 374 g/mol. The first kappa shape index (κ1) is 16.6. The van der Waals surface area contributed by atoms with Gasteiger partial charge in [-0.3, -0.25) is 4.79 Å². The summed E-state index contributed by atoms with van der Waals surface area (Å²) in [6, 6.07) is 17.1. The molecular weight excluding hydrogens is 356 g/mol. The van der Waals surface area contributed by atoms with Gasteiger partial charge in [-0.1, -0.05) is 24.3 Å². The molecule has 0 saturated carbocycles. The molecular formula is C22H18N2O4. The van der Waals surface area contributed by atoms with E-state index in [1.165, 1.54) is 0 Å². The highest BCUT2D eigenvalue weighted by Crippen LogP contribution is 2.42. The van der Waals surface area contributed by atoms with Crippen LogP contribution in [0.3, 0.4) is 0 Å². The van der Waals surface area contributed by atoms with Crippen molar-refractivity contribution < 1.29 is 19.0 Å². The van der Waals surface area contributed by atoms with Crippen molar-refractivity contribution in [2.45, 2.75) is 18.9 Å². The number of ether oxygens (including phenoxy) is 3. The normalized spacial score (nSPS) is 19.0. The maximum Gasteiger partial charge on any atom is 0.268 e. The zero-order valence-corrected chi connectivity index (χ0v) is 15.3. The zero-order chi connectivity index (χ0) is 19.1. The van der Waals surface area contributed by atoms with Crippen LogP contribution in [0.2, 0.25) is 0 Å². The summed E-state index contributed by atoms with van der Waals surface area (Å²) in [7, 11) is 0. The first-order valence-electron chi connectivity index (χ1n) is 9.06. The van der Waals surface area contributed by atoms with Crippen LogP contribution >= 0.6 is 0 Å². The number of para-hydroxylation sites is 1. The molecule has 140 valence electrons. The number of nitrogens with zero attached hydrogens (tertiary/aromatic N) is 1. The van der Waals surface area contributed by atoms with E-state index in [4.69, 9.17) is 14.2 Å². The number of amides is 1. The standard InChI is InChI=1S/C22H18N2O4/c1-22(21(25)24-15-5-3-2-4-6-15)12-17-16(9-10-23-20(17)28-22)14-7-8-18-19(11-14)27-13-26-18/h2-11H,12-13H2,1H3,(H,24,25). The topological polar surface area (TPSA) is 69.7 Å². The van der Waals surface area contributed by atoms with E-state index in [0.29, 0.717) is 18.1 Å². The molecule has 1 atom stereocenters. The minimum absolute atomic E-state index is 0.201. The van der Waals surface area contributed by atoms with Gasteiger partial charge in [0.1, 0.15) is 0 Å². The molecule has 0 saturated heterocycles. The van der Waals surface area contributed by atoms with E-state index in [2.05, 4.69) is 10.3 Å². The number of aromatic nitrogens is 1. The van der Waals surface area contributed by atoms with Crippen LogP contribution in [-0.4, -0.2) is 23.3 Å². The Morgan fingerprint density at radius 3 is 2.75 bits per heavy atom. The second-order valence-electron chi connectivity index (χ2n) is 7.04. The predicted octanol–water partition coefficient (Wildman–Crippen LogP) is 3.81. The molecule has 6 heteroatoms. The molecule has 5 rings (SSSR count). The van der Waals surface area contributed by atoms with Crippen molar-refractivity contribution in [2.24, 2.45) is 0 Å². The molecule has 2 aliphatic heterocycles. The molecule has 2 aliphatic rings. The van der Waals surface area contributed by atoms with Crippen molar-refractivity contribution in [3.8, 4) is 28.5 Å². The van der Waals surface area contributed by atoms with Gasteiger partial charge in [0.25, 0.3) is 5.91 Å². The van der Waals surface area contributed by atoms with Gasteiger partial charge in [-0.15, -0.1) is 0 Å². The second kappa shape index (κ2) is 6.27. The highest BCUT2D eigenvalue weighted by atomic mass is 16.7. The number of nitrogens with one attached hydrogen (secondary N) is 1. The Morgan fingerprint density at radius 2 is 1.89 bits per heavy atom. The molecule has 0 radical (unpaired) electrons. The number of carbonyl (C=O) groups excluding carboxylic acids is 1. The Morgan fingerprint density at radius 1 is 1.07 bits per heavy atom. The molecule has 1 amide bonds. The summed E-state index contributed by atoms with van der Waals surface area (Å²) in [5.41, 5.74) is 2.56. The highest BCUT2D eigenvalue weighted by molar-refractivity contribution is 5.98. The quantitative estimate of drug-likeness (QED) is 0.755. The minimum Gasteiger partial charge on any atom is -0.461 e. The average Bonchev–Trinajstić information content (AvgIpc) is 3.31. The van der Waals surface area contributed by atoms with E-state index in [0.717, 1.165) is 28.1 Å². The third-order valence-corrected chi connectivity index (χ3v) is 5.05. The molecule has 2 aromatic carbocycles. The van der Waals surface area contributed by atoms with E-state index in [9.17, 15) is 4.79 Å². The number of carbonyl (C=O) groups is 1. The van der Waals surface area contributed by atoms with Gasteiger partial charge in [0.2, 0.25) is 12.7 Å². The van der Waals surface area contributed by atoms with Crippen molar-refractivity contribution in [1.82, 2.24) is 4.98 Å². The molecule has 1 aromatic heterocycles. The van der Waals surface area contributed by atoms with Gasteiger partial charge < -0.3 is 19.5 Å². The number of rotatable bonds is 3. The lowest BCUT2D eigenvalue weighted by Crippen LogP contribution is -2.44. The monoisotopic (exact) mass is 374 g/mol. The van der Waals surface area contributed by atoms with Gasteiger partial charge in [-0.25, -0.2) is 4.98 Å². The molecule has 0 fully saturated rings. The van der Waals surface area contributed by atoms with E-state index >= 15 is 0 Å². The highest BCUT2D eigenvalue weighted by Gasteiger charge is 2.44. The largest absolute Gasteiger partial charge is 0.461 e. The Kier molecular flexibility index (Phi) is 3.72. The summed E-state index contributed by atoms with van der Waals surface area (Å²) in [6.45, 7) is 2.02. The van der Waals surface area contributed by atoms with Crippen LogP contribution in [0.5, 0.6) is 17.4 Å². The van der Waals surface area contributed by atoms with Gasteiger partial charge in [0.15, 0.2) is 17.1 Å². The van der Waals surface area contributed by atoms with Crippen LogP contribution in [-0.2, 0) is 11.2 Å². The van der Waals surface area contributed by atoms with Crippen LogP contribution in [0, 0.1) is 0 Å². The van der Waals surface area contributed by atoms with Crippen molar-refractivity contribution in [3.05, 3.63) is 66.4 Å². The van der Waals surface area contributed by atoms with Crippen LogP contribution < -0.4 is 19.5 Å². The zero-order valence-electron chi connectivity index (χ0n) is 15.3. The number of hydrogen-bond donors (Lipinski definition) is 1. The molecule has 6 nitrogen and oxygen atoms in total. The Balaban J connectivity index is 1.45. The van der Waals surface area contributed by atoms with Crippen LogP contribution in [0.15, 0.2) is 60.8 Å². The van der Waals surface area contributed by atoms with E-state index in [1.54, 1.807) is 13.1 Å². The molecule has 1 N–H and O–H groups in total. The number of hydrogen-bond acceptors (Lipinski definition) is 5. The SMILES string of the molecule is CC1(C(=O)Nc2ccccc2)Cc2c(-c3ccc4c(c3)OCO4)ccnc2O1. The third-order valence-electron chi connectivity index (χ3n) is 5.05. The summed E-state index contributed by atoms with van der Waals surface area (Å²) in [4.78, 5) is 17.3. The van der Waals surface area contributed by atoms with E-state index in [-0.39, 0.29) is 12.7 Å². The maximum absolute atomic E-state index is 12.9.